The molecule has 2 rings (SSSR count). The Hall–Kier alpha value is -3.42. The summed E-state index contributed by atoms with van der Waals surface area (Å²) >= 11 is 0. The van der Waals surface area contributed by atoms with Gasteiger partial charge in [0.2, 0.25) is 0 Å². The molecule has 1 N–H and O–H groups in total. The number of nitro benzene ring substituents is 1. The lowest BCUT2D eigenvalue weighted by atomic mass is 10.1. The van der Waals surface area contributed by atoms with Crippen molar-refractivity contribution in [2.45, 2.75) is 26.9 Å². The van der Waals surface area contributed by atoms with Crippen molar-refractivity contribution in [1.82, 2.24) is 0 Å². The Morgan fingerprint density at radius 2 is 1.82 bits per heavy atom. The molecular formula is C20H23N3O5. The fourth-order valence-corrected chi connectivity index (χ4v) is 2.65. The first-order valence-corrected chi connectivity index (χ1v) is 8.65. The standard InChI is InChI=1S/C20H23N3O5/c1-12-6-8-16(13(2)10-12)21-19(24)14(3)28-20(25)15-7-9-17(22(4)5)18(11-15)23(26)27/h6-11,14H,1-5H3,(H,21,24)/t14-/m0/s1. The molecule has 148 valence electrons. The van der Waals surface area contributed by atoms with Crippen LogP contribution in [0.2, 0.25) is 0 Å². The van der Waals surface area contributed by atoms with E-state index in [1.807, 2.05) is 26.0 Å². The van der Waals surface area contributed by atoms with Gasteiger partial charge in [-0.1, -0.05) is 17.7 Å². The molecule has 1 atom stereocenters. The van der Waals surface area contributed by atoms with Crippen molar-refractivity contribution in [3.8, 4) is 0 Å². The van der Waals surface area contributed by atoms with Crippen LogP contribution in [-0.2, 0) is 9.53 Å². The van der Waals surface area contributed by atoms with Crippen molar-refractivity contribution in [1.29, 1.82) is 0 Å². The van der Waals surface area contributed by atoms with E-state index in [9.17, 15) is 19.7 Å². The number of carbonyl (C=O) groups excluding carboxylic acids is 2. The number of nitrogens with one attached hydrogen (secondary N) is 1. The molecular weight excluding hydrogens is 362 g/mol. The van der Waals surface area contributed by atoms with E-state index in [1.54, 1.807) is 25.1 Å². The minimum absolute atomic E-state index is 0.00321. The Kier molecular flexibility index (Phi) is 6.35. The average molecular weight is 385 g/mol. The van der Waals surface area contributed by atoms with Gasteiger partial charge in [0.1, 0.15) is 5.69 Å². The molecule has 0 heterocycles. The van der Waals surface area contributed by atoms with Crippen LogP contribution >= 0.6 is 0 Å². The largest absolute Gasteiger partial charge is 0.449 e. The number of nitro groups is 1. The van der Waals surface area contributed by atoms with Crippen molar-refractivity contribution in [3.63, 3.8) is 0 Å². The Morgan fingerprint density at radius 3 is 2.39 bits per heavy atom. The number of esters is 1. The second kappa shape index (κ2) is 8.51. The highest BCUT2D eigenvalue weighted by atomic mass is 16.6. The Bertz CT molecular complexity index is 924. The van der Waals surface area contributed by atoms with E-state index in [0.717, 1.165) is 17.2 Å². The van der Waals surface area contributed by atoms with Crippen LogP contribution in [0.5, 0.6) is 0 Å². The third-order valence-corrected chi connectivity index (χ3v) is 4.18. The van der Waals surface area contributed by atoms with Gasteiger partial charge in [0, 0.05) is 25.8 Å². The van der Waals surface area contributed by atoms with Gasteiger partial charge in [0.25, 0.3) is 11.6 Å². The summed E-state index contributed by atoms with van der Waals surface area (Å²) in [7, 11) is 3.33. The monoisotopic (exact) mass is 385 g/mol. The Morgan fingerprint density at radius 1 is 1.14 bits per heavy atom. The van der Waals surface area contributed by atoms with E-state index in [1.165, 1.54) is 19.1 Å². The highest BCUT2D eigenvalue weighted by Crippen LogP contribution is 2.28. The van der Waals surface area contributed by atoms with Crippen LogP contribution in [0.4, 0.5) is 17.1 Å². The van der Waals surface area contributed by atoms with Crippen molar-refractivity contribution in [2.24, 2.45) is 0 Å². The summed E-state index contributed by atoms with van der Waals surface area (Å²) in [5.41, 5.74) is 2.74. The van der Waals surface area contributed by atoms with Gasteiger partial charge in [0.05, 0.1) is 10.5 Å². The number of nitrogens with zero attached hydrogens (tertiary/aromatic N) is 2. The molecule has 0 aliphatic heterocycles. The molecule has 2 aromatic carbocycles. The van der Waals surface area contributed by atoms with E-state index in [4.69, 9.17) is 4.74 Å². The predicted octanol–water partition coefficient (Wildman–Crippen LogP) is 3.46. The van der Waals surface area contributed by atoms with E-state index >= 15 is 0 Å². The van der Waals surface area contributed by atoms with Crippen LogP contribution in [0, 0.1) is 24.0 Å². The number of amides is 1. The lowest BCUT2D eigenvalue weighted by molar-refractivity contribution is -0.384. The topological polar surface area (TPSA) is 102 Å². The Balaban J connectivity index is 2.12. The molecule has 8 heteroatoms. The second-order valence-corrected chi connectivity index (χ2v) is 6.71. The van der Waals surface area contributed by atoms with E-state index < -0.39 is 22.9 Å². The highest BCUT2D eigenvalue weighted by Gasteiger charge is 2.23. The summed E-state index contributed by atoms with van der Waals surface area (Å²) in [6.07, 6.45) is -1.07. The third-order valence-electron chi connectivity index (χ3n) is 4.18. The molecule has 0 saturated heterocycles. The molecule has 0 radical (unpaired) electrons. The molecule has 0 aliphatic rings. The van der Waals surface area contributed by atoms with E-state index in [-0.39, 0.29) is 11.3 Å². The molecule has 0 fully saturated rings. The number of carbonyl (C=O) groups is 2. The summed E-state index contributed by atoms with van der Waals surface area (Å²) in [6, 6.07) is 9.61. The quantitative estimate of drug-likeness (QED) is 0.464. The van der Waals surface area contributed by atoms with Gasteiger partial charge in [-0.25, -0.2) is 4.79 Å². The molecule has 0 unspecified atom stereocenters. The van der Waals surface area contributed by atoms with Crippen LogP contribution in [0.3, 0.4) is 0 Å². The maximum absolute atomic E-state index is 12.3. The van der Waals surface area contributed by atoms with Gasteiger partial charge >= 0.3 is 5.97 Å². The van der Waals surface area contributed by atoms with Gasteiger partial charge in [-0.05, 0) is 44.5 Å². The molecule has 0 spiro atoms. The minimum atomic E-state index is -1.07. The van der Waals surface area contributed by atoms with Crippen LogP contribution in [0.25, 0.3) is 0 Å². The highest BCUT2D eigenvalue weighted by molar-refractivity contribution is 5.98. The summed E-state index contributed by atoms with van der Waals surface area (Å²) in [5, 5.41) is 14.0. The van der Waals surface area contributed by atoms with Gasteiger partial charge in [-0.2, -0.15) is 0 Å². The van der Waals surface area contributed by atoms with Crippen LogP contribution in [0.1, 0.15) is 28.4 Å². The van der Waals surface area contributed by atoms with Crippen molar-refractivity contribution >= 4 is 28.9 Å². The molecule has 28 heavy (non-hydrogen) atoms. The molecule has 0 aliphatic carbocycles. The normalized spacial score (nSPS) is 11.5. The van der Waals surface area contributed by atoms with Crippen molar-refractivity contribution in [3.05, 3.63) is 63.2 Å². The van der Waals surface area contributed by atoms with Crippen LogP contribution in [0.15, 0.2) is 36.4 Å². The molecule has 1 amide bonds. The first kappa shape index (κ1) is 20.9. The summed E-state index contributed by atoms with van der Waals surface area (Å²) in [5.74, 6) is -1.30. The zero-order chi connectivity index (χ0) is 21.0. The van der Waals surface area contributed by atoms with Gasteiger partial charge in [0.15, 0.2) is 6.10 Å². The van der Waals surface area contributed by atoms with E-state index in [0.29, 0.717) is 11.4 Å². The smallest absolute Gasteiger partial charge is 0.339 e. The maximum Gasteiger partial charge on any atom is 0.339 e. The van der Waals surface area contributed by atoms with E-state index in [2.05, 4.69) is 5.32 Å². The lowest BCUT2D eigenvalue weighted by Crippen LogP contribution is -2.30. The van der Waals surface area contributed by atoms with Crippen LogP contribution < -0.4 is 10.2 Å². The third kappa shape index (κ3) is 4.85. The number of hydrogen-bond donors (Lipinski definition) is 1. The molecule has 0 aromatic heterocycles. The number of ether oxygens (including phenoxy) is 1. The number of hydrogen-bond acceptors (Lipinski definition) is 6. The first-order chi connectivity index (χ1) is 13.1. The fourth-order valence-electron chi connectivity index (χ4n) is 2.65. The average Bonchev–Trinajstić information content (AvgIpc) is 2.63. The van der Waals surface area contributed by atoms with Crippen molar-refractivity contribution < 1.29 is 19.2 Å². The maximum atomic E-state index is 12.3. The van der Waals surface area contributed by atoms with Crippen LogP contribution in [-0.4, -0.2) is 37.0 Å². The SMILES string of the molecule is Cc1ccc(NC(=O)[C@H](C)OC(=O)c2ccc(N(C)C)c([N+](=O)[O-])c2)c(C)c1. The van der Waals surface area contributed by atoms with Crippen molar-refractivity contribution in [2.75, 3.05) is 24.3 Å². The lowest BCUT2D eigenvalue weighted by Gasteiger charge is -2.16. The van der Waals surface area contributed by atoms with Gasteiger partial charge < -0.3 is 15.0 Å². The number of anilines is 2. The summed E-state index contributed by atoms with van der Waals surface area (Å²) in [6.45, 7) is 5.26. The summed E-state index contributed by atoms with van der Waals surface area (Å²) in [4.78, 5) is 36.9. The predicted molar refractivity (Wildman–Crippen MR) is 107 cm³/mol. The number of aryl methyl sites for hydroxylation is 2. The number of benzene rings is 2. The molecule has 0 bridgehead atoms. The molecule has 2 aromatic rings. The van der Waals surface area contributed by atoms with Gasteiger partial charge in [-0.15, -0.1) is 0 Å². The second-order valence-electron chi connectivity index (χ2n) is 6.71. The Labute approximate surface area is 163 Å². The fraction of sp³-hybridized carbons (Fsp3) is 0.300. The molecule has 8 nitrogen and oxygen atoms in total. The molecule has 0 saturated carbocycles. The number of rotatable bonds is 6. The summed E-state index contributed by atoms with van der Waals surface area (Å²) < 4.78 is 5.18. The zero-order valence-electron chi connectivity index (χ0n) is 16.5. The zero-order valence-corrected chi connectivity index (χ0v) is 16.5. The van der Waals surface area contributed by atoms with Gasteiger partial charge in [-0.3, -0.25) is 14.9 Å². The minimum Gasteiger partial charge on any atom is -0.449 e. The first-order valence-electron chi connectivity index (χ1n) is 8.65.